The van der Waals surface area contributed by atoms with E-state index in [0.717, 1.165) is 12.1 Å². The second-order valence-corrected chi connectivity index (χ2v) is 5.69. The lowest BCUT2D eigenvalue weighted by atomic mass is 10.1. The van der Waals surface area contributed by atoms with E-state index in [1.165, 1.54) is 6.07 Å². The van der Waals surface area contributed by atoms with Crippen molar-refractivity contribution in [1.29, 1.82) is 0 Å². The van der Waals surface area contributed by atoms with Crippen LogP contribution in [0.4, 0.5) is 10.5 Å². The number of β-lactam (4-membered cyclic amide) rings is 1. The fourth-order valence-corrected chi connectivity index (χ4v) is 2.40. The van der Waals surface area contributed by atoms with Crippen molar-refractivity contribution >= 4 is 27.8 Å². The highest BCUT2D eigenvalue weighted by Gasteiger charge is 2.39. The van der Waals surface area contributed by atoms with Gasteiger partial charge in [0, 0.05) is 6.07 Å². The van der Waals surface area contributed by atoms with Crippen LogP contribution in [0.1, 0.15) is 0 Å². The Balaban J connectivity index is 2.03. The maximum Gasteiger partial charge on any atom is 0.339 e. The minimum absolute atomic E-state index is 0.0693. The van der Waals surface area contributed by atoms with Crippen LogP contribution in [0.3, 0.4) is 0 Å². The molecule has 0 radical (unpaired) electrons. The van der Waals surface area contributed by atoms with Crippen LogP contribution in [0, 0.1) is 0 Å². The van der Waals surface area contributed by atoms with Gasteiger partial charge < -0.3 is 15.9 Å². The van der Waals surface area contributed by atoms with Crippen LogP contribution in [-0.2, 0) is 15.0 Å². The third-order valence-corrected chi connectivity index (χ3v) is 3.60. The van der Waals surface area contributed by atoms with Gasteiger partial charge in [0.25, 0.3) is 0 Å². The number of nitrogens with zero attached hydrogens (tertiary/aromatic N) is 1. The molecule has 11 heteroatoms. The molecule has 21 heavy (non-hydrogen) atoms. The van der Waals surface area contributed by atoms with E-state index in [1.54, 1.807) is 4.72 Å². The predicted octanol–water partition coefficient (Wildman–Crippen LogP) is -1.37. The summed E-state index contributed by atoms with van der Waals surface area (Å²) in [5.41, 5.74) is 5.19. The van der Waals surface area contributed by atoms with E-state index in [9.17, 15) is 23.1 Å². The lowest BCUT2D eigenvalue weighted by Crippen LogP contribution is -2.65. The number of phenols is 2. The molecular weight excluding hydrogens is 304 g/mol. The number of carbonyl (C=O) groups is 2. The van der Waals surface area contributed by atoms with E-state index < -0.39 is 39.7 Å². The molecule has 1 fully saturated rings. The minimum Gasteiger partial charge on any atom is -0.504 e. The third kappa shape index (κ3) is 3.14. The molecule has 114 valence electrons. The summed E-state index contributed by atoms with van der Waals surface area (Å²) in [7, 11) is -4.30. The van der Waals surface area contributed by atoms with E-state index in [4.69, 9.17) is 10.8 Å². The van der Waals surface area contributed by atoms with E-state index in [-0.39, 0.29) is 12.2 Å². The van der Waals surface area contributed by atoms with Gasteiger partial charge >= 0.3 is 16.2 Å². The van der Waals surface area contributed by atoms with Gasteiger partial charge in [0.1, 0.15) is 6.04 Å². The van der Waals surface area contributed by atoms with Gasteiger partial charge in [-0.15, -0.1) is 0 Å². The van der Waals surface area contributed by atoms with Gasteiger partial charge in [-0.3, -0.25) is 14.4 Å². The number of benzene rings is 1. The molecule has 10 nitrogen and oxygen atoms in total. The molecule has 0 bridgehead atoms. The number of likely N-dealkylation sites (tertiary alicyclic amines) is 1. The average molecular weight is 316 g/mol. The number of urea groups is 1. The molecule has 1 aliphatic heterocycles. The van der Waals surface area contributed by atoms with Crippen molar-refractivity contribution in [3.05, 3.63) is 18.2 Å². The molecule has 1 heterocycles. The van der Waals surface area contributed by atoms with Crippen LogP contribution >= 0.6 is 0 Å². The number of aromatic hydroxyl groups is 2. The monoisotopic (exact) mass is 316 g/mol. The number of anilines is 1. The molecule has 1 aliphatic rings. The lowest BCUT2D eigenvalue weighted by molar-refractivity contribution is -0.137. The molecule has 1 aromatic carbocycles. The van der Waals surface area contributed by atoms with Crippen LogP contribution in [0.5, 0.6) is 11.5 Å². The fraction of sp³-hybridized carbons (Fsp3) is 0.200. The van der Waals surface area contributed by atoms with E-state index in [1.807, 2.05) is 4.72 Å². The number of nitrogens with two attached hydrogens (primary N) is 1. The molecule has 1 unspecified atom stereocenters. The predicted molar refractivity (Wildman–Crippen MR) is 70.5 cm³/mol. The summed E-state index contributed by atoms with van der Waals surface area (Å²) >= 11 is 0. The van der Waals surface area contributed by atoms with Crippen LogP contribution in [0.25, 0.3) is 0 Å². The number of amides is 3. The summed E-state index contributed by atoms with van der Waals surface area (Å²) in [6, 6.07) is 1.25. The van der Waals surface area contributed by atoms with E-state index in [2.05, 4.69) is 0 Å². The van der Waals surface area contributed by atoms with Crippen LogP contribution in [-0.4, -0.2) is 48.1 Å². The molecule has 0 saturated carbocycles. The molecule has 1 aromatic rings. The van der Waals surface area contributed by atoms with Gasteiger partial charge in [-0.05, 0) is 12.1 Å². The highest BCUT2D eigenvalue weighted by atomic mass is 32.2. The maximum atomic E-state index is 11.7. The van der Waals surface area contributed by atoms with Gasteiger partial charge in [-0.25, -0.2) is 9.52 Å². The SMILES string of the molecule is NC1CN(C(=O)NS(=O)(=O)Nc2ccc(O)c(O)c2)C1=O. The van der Waals surface area contributed by atoms with Crippen molar-refractivity contribution in [3.63, 3.8) is 0 Å². The topological polar surface area (TPSA) is 162 Å². The van der Waals surface area contributed by atoms with Crippen LogP contribution < -0.4 is 15.2 Å². The van der Waals surface area contributed by atoms with Crippen molar-refractivity contribution in [1.82, 2.24) is 9.62 Å². The Bertz CT molecular complexity index is 703. The number of phenolic OH excluding ortho intramolecular Hbond substituents is 2. The van der Waals surface area contributed by atoms with E-state index >= 15 is 0 Å². The average Bonchev–Trinajstić information content (AvgIpc) is 2.38. The zero-order chi connectivity index (χ0) is 15.8. The van der Waals surface area contributed by atoms with Gasteiger partial charge in [-0.2, -0.15) is 8.42 Å². The number of imide groups is 1. The first-order valence-corrected chi connectivity index (χ1v) is 7.11. The zero-order valence-corrected chi connectivity index (χ0v) is 11.3. The Hall–Kier alpha value is -2.53. The summed E-state index contributed by atoms with van der Waals surface area (Å²) in [6.07, 6.45) is 0. The largest absolute Gasteiger partial charge is 0.504 e. The second kappa shape index (κ2) is 5.10. The fourth-order valence-electron chi connectivity index (χ4n) is 1.57. The first-order valence-electron chi connectivity index (χ1n) is 5.63. The summed E-state index contributed by atoms with van der Waals surface area (Å²) in [6.45, 7) is -0.0693. The lowest BCUT2D eigenvalue weighted by Gasteiger charge is -2.33. The molecular formula is C10H12N4O6S. The first-order chi connectivity index (χ1) is 9.69. The Morgan fingerprint density at radius 1 is 1.33 bits per heavy atom. The van der Waals surface area contributed by atoms with Crippen LogP contribution in [0.2, 0.25) is 0 Å². The van der Waals surface area contributed by atoms with Gasteiger partial charge in [0.15, 0.2) is 11.5 Å². The van der Waals surface area contributed by atoms with E-state index in [0.29, 0.717) is 4.90 Å². The van der Waals surface area contributed by atoms with Crippen molar-refractivity contribution < 1.29 is 28.2 Å². The highest BCUT2D eigenvalue weighted by Crippen LogP contribution is 2.27. The van der Waals surface area contributed by atoms with Crippen molar-refractivity contribution in [3.8, 4) is 11.5 Å². The summed E-state index contributed by atoms with van der Waals surface area (Å²) in [5.74, 6) is -1.64. The number of hydrogen-bond acceptors (Lipinski definition) is 7. The van der Waals surface area contributed by atoms with Gasteiger partial charge in [0.2, 0.25) is 5.91 Å². The number of carbonyl (C=O) groups excluding carboxylic acids is 2. The van der Waals surface area contributed by atoms with Crippen molar-refractivity contribution in [2.24, 2.45) is 5.73 Å². The van der Waals surface area contributed by atoms with Gasteiger partial charge in [0.05, 0.1) is 12.2 Å². The highest BCUT2D eigenvalue weighted by molar-refractivity contribution is 7.91. The first kappa shape index (κ1) is 14.9. The zero-order valence-electron chi connectivity index (χ0n) is 10.5. The molecule has 2 rings (SSSR count). The summed E-state index contributed by atoms with van der Waals surface area (Å²) in [4.78, 5) is 23.4. The Labute approximate surface area is 119 Å². The summed E-state index contributed by atoms with van der Waals surface area (Å²) < 4.78 is 26.9. The molecule has 1 saturated heterocycles. The Kier molecular flexibility index (Phi) is 3.61. The normalized spacial score (nSPS) is 18.0. The minimum atomic E-state index is -4.30. The number of hydrogen-bond donors (Lipinski definition) is 5. The number of nitrogens with one attached hydrogen (secondary N) is 2. The maximum absolute atomic E-state index is 11.7. The molecule has 0 aliphatic carbocycles. The third-order valence-electron chi connectivity index (χ3n) is 2.66. The quantitative estimate of drug-likeness (QED) is 0.261. The number of rotatable bonds is 3. The van der Waals surface area contributed by atoms with Crippen LogP contribution in [0.15, 0.2) is 18.2 Å². The standard InChI is InChI=1S/C10H12N4O6S/c11-6-4-14(9(6)17)10(18)13-21(19,20)12-5-1-2-7(15)8(16)3-5/h1-3,6,12,15-16H,4,11H2,(H,13,18). The molecule has 0 aromatic heterocycles. The Morgan fingerprint density at radius 2 is 2.00 bits per heavy atom. The molecule has 0 spiro atoms. The van der Waals surface area contributed by atoms with Crippen molar-refractivity contribution in [2.45, 2.75) is 6.04 Å². The molecule has 6 N–H and O–H groups in total. The van der Waals surface area contributed by atoms with Gasteiger partial charge in [-0.1, -0.05) is 0 Å². The summed E-state index contributed by atoms with van der Waals surface area (Å²) in [5, 5.41) is 18.3. The molecule has 3 amide bonds. The second-order valence-electron chi connectivity index (χ2n) is 4.27. The Morgan fingerprint density at radius 3 is 2.52 bits per heavy atom. The smallest absolute Gasteiger partial charge is 0.339 e. The van der Waals surface area contributed by atoms with Crippen molar-refractivity contribution in [2.75, 3.05) is 11.3 Å². The molecule has 1 atom stereocenters.